The van der Waals surface area contributed by atoms with Gasteiger partial charge in [-0.15, -0.1) is 0 Å². The van der Waals surface area contributed by atoms with E-state index in [0.29, 0.717) is 12.1 Å². The standard InChI is InChI=1S/C21H25NO3S/c1-14-12-17-19(18(13-14)26(25)16-10-6-3-7-11-16)21(24)22(20(17)23)15-8-4-2-5-9-15/h2,4-5,8-9,13,16-19H,3,6-7,10-12H2,1H3/t17-,18+,19-,26?/m0/s1. The third-order valence-electron chi connectivity index (χ3n) is 5.98. The maximum Gasteiger partial charge on any atom is 0.239 e. The van der Waals surface area contributed by atoms with Gasteiger partial charge >= 0.3 is 0 Å². The molecule has 4 rings (SSSR count). The van der Waals surface area contributed by atoms with E-state index in [0.717, 1.165) is 31.3 Å². The third kappa shape index (κ3) is 2.96. The second kappa shape index (κ2) is 7.10. The van der Waals surface area contributed by atoms with E-state index in [2.05, 4.69) is 0 Å². The third-order valence-corrected chi connectivity index (χ3v) is 8.08. The van der Waals surface area contributed by atoms with Gasteiger partial charge in [-0.2, -0.15) is 0 Å². The van der Waals surface area contributed by atoms with Crippen LogP contribution in [0.15, 0.2) is 42.0 Å². The lowest BCUT2D eigenvalue weighted by molar-refractivity contribution is -0.122. The van der Waals surface area contributed by atoms with Crippen LogP contribution in [-0.4, -0.2) is 26.5 Å². The Morgan fingerprint density at radius 3 is 2.38 bits per heavy atom. The molecule has 1 unspecified atom stereocenters. The van der Waals surface area contributed by atoms with E-state index < -0.39 is 16.7 Å². The van der Waals surface area contributed by atoms with Crippen LogP contribution < -0.4 is 4.90 Å². The molecule has 5 heteroatoms. The van der Waals surface area contributed by atoms with Gasteiger partial charge in [-0.1, -0.05) is 49.1 Å². The van der Waals surface area contributed by atoms with Gasteiger partial charge in [0.2, 0.25) is 11.8 Å². The summed E-state index contributed by atoms with van der Waals surface area (Å²) in [5.41, 5.74) is 1.70. The van der Waals surface area contributed by atoms with Crippen molar-refractivity contribution >= 4 is 28.3 Å². The van der Waals surface area contributed by atoms with Crippen LogP contribution in [0.3, 0.4) is 0 Å². The molecule has 0 radical (unpaired) electrons. The number of carbonyl (C=O) groups is 2. The smallest absolute Gasteiger partial charge is 0.239 e. The van der Waals surface area contributed by atoms with Gasteiger partial charge < -0.3 is 0 Å². The first kappa shape index (κ1) is 17.7. The molecule has 1 aromatic carbocycles. The first-order valence-corrected chi connectivity index (χ1v) is 10.8. The monoisotopic (exact) mass is 371 g/mol. The summed E-state index contributed by atoms with van der Waals surface area (Å²) in [4.78, 5) is 27.5. The van der Waals surface area contributed by atoms with Crippen molar-refractivity contribution in [2.24, 2.45) is 11.8 Å². The van der Waals surface area contributed by atoms with E-state index in [1.165, 1.54) is 11.3 Å². The summed E-state index contributed by atoms with van der Waals surface area (Å²) in [6, 6.07) is 9.12. The Morgan fingerprint density at radius 1 is 1.00 bits per heavy atom. The van der Waals surface area contributed by atoms with Crippen molar-refractivity contribution < 1.29 is 13.8 Å². The minimum absolute atomic E-state index is 0.135. The van der Waals surface area contributed by atoms with Crippen molar-refractivity contribution in [3.05, 3.63) is 42.0 Å². The topological polar surface area (TPSA) is 54.5 Å². The molecule has 26 heavy (non-hydrogen) atoms. The molecule has 0 bridgehead atoms. The van der Waals surface area contributed by atoms with Gasteiger partial charge in [-0.3, -0.25) is 13.8 Å². The quantitative estimate of drug-likeness (QED) is 0.603. The van der Waals surface area contributed by atoms with E-state index >= 15 is 0 Å². The van der Waals surface area contributed by atoms with Crippen molar-refractivity contribution in [3.63, 3.8) is 0 Å². The first-order chi connectivity index (χ1) is 12.6. The van der Waals surface area contributed by atoms with Gasteiger partial charge in [-0.25, -0.2) is 4.90 Å². The summed E-state index contributed by atoms with van der Waals surface area (Å²) in [7, 11) is -1.11. The molecule has 1 aliphatic heterocycles. The van der Waals surface area contributed by atoms with Crippen molar-refractivity contribution in [1.29, 1.82) is 0 Å². The van der Waals surface area contributed by atoms with Gasteiger partial charge in [0, 0.05) is 16.0 Å². The molecule has 3 aliphatic rings. The number of para-hydroxylation sites is 1. The van der Waals surface area contributed by atoms with E-state index in [1.807, 2.05) is 31.2 Å². The second-order valence-electron chi connectivity index (χ2n) is 7.75. The summed E-state index contributed by atoms with van der Waals surface area (Å²) < 4.78 is 13.3. The molecule has 0 aromatic heterocycles. The normalized spacial score (nSPS) is 30.9. The Bertz CT molecular complexity index is 767. The van der Waals surface area contributed by atoms with Gasteiger partial charge in [0.05, 0.1) is 22.8 Å². The number of hydrogen-bond acceptors (Lipinski definition) is 3. The number of hydrogen-bond donors (Lipinski definition) is 0. The number of imide groups is 1. The lowest BCUT2D eigenvalue weighted by atomic mass is 9.81. The maximum atomic E-state index is 13.3. The fourth-order valence-electron chi connectivity index (χ4n) is 4.69. The summed E-state index contributed by atoms with van der Waals surface area (Å²) in [6.45, 7) is 1.99. The van der Waals surface area contributed by atoms with Crippen LogP contribution in [0.4, 0.5) is 5.69 Å². The van der Waals surface area contributed by atoms with Crippen molar-refractivity contribution in [1.82, 2.24) is 0 Å². The average molecular weight is 372 g/mol. The lowest BCUT2D eigenvalue weighted by Gasteiger charge is -2.32. The Balaban J connectivity index is 1.66. The minimum atomic E-state index is -1.11. The van der Waals surface area contributed by atoms with Crippen LogP contribution in [0.2, 0.25) is 0 Å². The molecular weight excluding hydrogens is 346 g/mol. The maximum absolute atomic E-state index is 13.3. The van der Waals surface area contributed by atoms with Gasteiger partial charge in [-0.05, 0) is 38.3 Å². The van der Waals surface area contributed by atoms with Crippen LogP contribution in [0.5, 0.6) is 0 Å². The molecule has 2 fully saturated rings. The number of carbonyl (C=O) groups excluding carboxylic acids is 2. The molecule has 138 valence electrons. The zero-order valence-corrected chi connectivity index (χ0v) is 15.9. The molecule has 4 nitrogen and oxygen atoms in total. The van der Waals surface area contributed by atoms with Crippen LogP contribution in [-0.2, 0) is 20.4 Å². The highest BCUT2D eigenvalue weighted by molar-refractivity contribution is 7.86. The number of rotatable bonds is 3. The molecule has 1 aromatic rings. The van der Waals surface area contributed by atoms with Crippen LogP contribution in [0.25, 0.3) is 0 Å². The largest absolute Gasteiger partial charge is 0.274 e. The average Bonchev–Trinajstić information content (AvgIpc) is 2.92. The van der Waals surface area contributed by atoms with Gasteiger partial charge in [0.15, 0.2) is 0 Å². The number of benzene rings is 1. The Labute approximate surface area is 157 Å². The predicted octanol–water partition coefficient (Wildman–Crippen LogP) is 3.59. The summed E-state index contributed by atoms with van der Waals surface area (Å²) in [6.07, 6.45) is 7.99. The summed E-state index contributed by atoms with van der Waals surface area (Å²) in [5, 5.41) is -0.174. The van der Waals surface area contributed by atoms with Crippen molar-refractivity contribution in [2.45, 2.75) is 55.9 Å². The minimum Gasteiger partial charge on any atom is -0.274 e. The lowest BCUT2D eigenvalue weighted by Crippen LogP contribution is -2.40. The number of amides is 2. The predicted molar refractivity (Wildman–Crippen MR) is 103 cm³/mol. The number of fused-ring (bicyclic) bond motifs is 1. The second-order valence-corrected chi connectivity index (χ2v) is 9.62. The van der Waals surface area contributed by atoms with E-state index in [-0.39, 0.29) is 28.2 Å². The van der Waals surface area contributed by atoms with Crippen molar-refractivity contribution in [3.8, 4) is 0 Å². The first-order valence-electron chi connectivity index (χ1n) is 9.57. The Kier molecular flexibility index (Phi) is 4.82. The molecule has 1 saturated heterocycles. The molecular formula is C21H25NO3S. The van der Waals surface area contributed by atoms with Crippen LogP contribution >= 0.6 is 0 Å². The SMILES string of the molecule is CC1=C[C@@H](S(=O)C2CCCCC2)[C@H]2C(=O)N(c3ccccc3)C(=O)[C@H]2C1. The Morgan fingerprint density at radius 2 is 1.69 bits per heavy atom. The molecule has 1 saturated carbocycles. The Hall–Kier alpha value is -1.75. The van der Waals surface area contributed by atoms with E-state index in [4.69, 9.17) is 0 Å². The highest BCUT2D eigenvalue weighted by Crippen LogP contribution is 2.43. The van der Waals surface area contributed by atoms with Crippen LogP contribution in [0, 0.1) is 11.8 Å². The molecule has 0 spiro atoms. The number of allylic oxidation sites excluding steroid dienone is 1. The highest BCUT2D eigenvalue weighted by Gasteiger charge is 2.54. The molecule has 2 aliphatic carbocycles. The van der Waals surface area contributed by atoms with Gasteiger partial charge in [0.1, 0.15) is 0 Å². The van der Waals surface area contributed by atoms with E-state index in [1.54, 1.807) is 12.1 Å². The zero-order valence-electron chi connectivity index (χ0n) is 15.1. The van der Waals surface area contributed by atoms with Crippen LogP contribution in [0.1, 0.15) is 45.4 Å². The zero-order chi connectivity index (χ0) is 18.3. The van der Waals surface area contributed by atoms with E-state index in [9.17, 15) is 13.8 Å². The number of anilines is 1. The van der Waals surface area contributed by atoms with Crippen molar-refractivity contribution in [2.75, 3.05) is 4.90 Å². The molecule has 4 atom stereocenters. The molecule has 1 heterocycles. The highest BCUT2D eigenvalue weighted by atomic mass is 32.2. The fraction of sp³-hybridized carbons (Fsp3) is 0.524. The molecule has 2 amide bonds. The number of nitrogens with zero attached hydrogens (tertiary/aromatic N) is 1. The molecule has 0 N–H and O–H groups in total. The summed E-state index contributed by atoms with van der Waals surface area (Å²) in [5.74, 6) is -1.16. The van der Waals surface area contributed by atoms with Gasteiger partial charge in [0.25, 0.3) is 0 Å². The fourth-order valence-corrected chi connectivity index (χ4v) is 6.90. The summed E-state index contributed by atoms with van der Waals surface area (Å²) >= 11 is 0.